The predicted molar refractivity (Wildman–Crippen MR) is 114 cm³/mol. The Morgan fingerprint density at radius 2 is 1.57 bits per heavy atom. The van der Waals surface area contributed by atoms with Crippen LogP contribution in [0, 0.1) is 5.82 Å². The van der Waals surface area contributed by atoms with Gasteiger partial charge in [-0.1, -0.05) is 30.3 Å². The number of ether oxygens (including phenoxy) is 1. The number of hydrogen-bond donors (Lipinski definition) is 1. The zero-order chi connectivity index (χ0) is 21.7. The summed E-state index contributed by atoms with van der Waals surface area (Å²) >= 11 is 0. The third kappa shape index (κ3) is 5.79. The molecular formula is C23H28FN3O3. The molecule has 0 aliphatic carbocycles. The molecular weight excluding hydrogens is 385 g/mol. The number of piperazine rings is 1. The number of nitrogens with zero attached hydrogens (tertiary/aromatic N) is 2. The van der Waals surface area contributed by atoms with Gasteiger partial charge in [-0.15, -0.1) is 0 Å². The van der Waals surface area contributed by atoms with Crippen molar-refractivity contribution in [2.24, 2.45) is 0 Å². The van der Waals surface area contributed by atoms with Gasteiger partial charge >= 0.3 is 6.09 Å². The number of amides is 2. The molecule has 30 heavy (non-hydrogen) atoms. The van der Waals surface area contributed by atoms with Crippen LogP contribution in [0.25, 0.3) is 0 Å². The number of nitrogens with one attached hydrogen (secondary N) is 1. The van der Waals surface area contributed by atoms with Crippen molar-refractivity contribution in [1.29, 1.82) is 0 Å². The number of halogens is 1. The first kappa shape index (κ1) is 21.8. The normalized spacial score (nSPS) is 16.1. The average molecular weight is 413 g/mol. The van der Waals surface area contributed by atoms with Gasteiger partial charge in [-0.25, -0.2) is 9.18 Å². The summed E-state index contributed by atoms with van der Waals surface area (Å²) in [6, 6.07) is 14.7. The Morgan fingerprint density at radius 3 is 2.13 bits per heavy atom. The Kier molecular flexibility index (Phi) is 6.72. The molecule has 2 aromatic rings. The first-order valence-corrected chi connectivity index (χ1v) is 10.1. The van der Waals surface area contributed by atoms with Crippen LogP contribution >= 0.6 is 0 Å². The summed E-state index contributed by atoms with van der Waals surface area (Å²) in [5, 5.41) is 2.88. The van der Waals surface area contributed by atoms with E-state index >= 15 is 0 Å². The van der Waals surface area contributed by atoms with Gasteiger partial charge in [0.1, 0.15) is 17.5 Å². The largest absolute Gasteiger partial charge is 0.444 e. The summed E-state index contributed by atoms with van der Waals surface area (Å²) < 4.78 is 18.6. The van der Waals surface area contributed by atoms with Crippen molar-refractivity contribution < 1.29 is 18.7 Å². The SMILES string of the molecule is CC(C)(C)OC(=O)N1CCN(C(C(=O)Nc2ccc(F)cc2)c2ccccc2)CC1. The molecule has 7 heteroatoms. The first-order chi connectivity index (χ1) is 14.2. The molecule has 1 atom stereocenters. The van der Waals surface area contributed by atoms with E-state index in [-0.39, 0.29) is 17.8 Å². The van der Waals surface area contributed by atoms with E-state index in [0.29, 0.717) is 31.9 Å². The monoisotopic (exact) mass is 413 g/mol. The van der Waals surface area contributed by atoms with E-state index < -0.39 is 11.6 Å². The van der Waals surface area contributed by atoms with Crippen LogP contribution in [0.3, 0.4) is 0 Å². The van der Waals surface area contributed by atoms with Gasteiger partial charge in [0, 0.05) is 31.9 Å². The average Bonchev–Trinajstić information content (AvgIpc) is 2.70. The van der Waals surface area contributed by atoms with E-state index in [9.17, 15) is 14.0 Å². The van der Waals surface area contributed by atoms with Crippen LogP contribution in [-0.4, -0.2) is 53.6 Å². The van der Waals surface area contributed by atoms with Crippen LogP contribution in [0.4, 0.5) is 14.9 Å². The molecule has 3 rings (SSSR count). The van der Waals surface area contributed by atoms with Crippen molar-refractivity contribution in [3.63, 3.8) is 0 Å². The van der Waals surface area contributed by atoms with Crippen LogP contribution in [0.5, 0.6) is 0 Å². The minimum atomic E-state index is -0.546. The van der Waals surface area contributed by atoms with Crippen molar-refractivity contribution in [2.45, 2.75) is 32.4 Å². The second-order valence-electron chi connectivity index (χ2n) is 8.31. The molecule has 2 amide bonds. The Morgan fingerprint density at radius 1 is 0.967 bits per heavy atom. The highest BCUT2D eigenvalue weighted by Gasteiger charge is 2.33. The van der Waals surface area contributed by atoms with E-state index in [1.165, 1.54) is 24.3 Å². The van der Waals surface area contributed by atoms with E-state index in [1.807, 2.05) is 51.1 Å². The maximum atomic E-state index is 13.2. The number of hydrogen-bond acceptors (Lipinski definition) is 4. The maximum Gasteiger partial charge on any atom is 0.410 e. The minimum absolute atomic E-state index is 0.196. The Labute approximate surface area is 176 Å². The maximum absolute atomic E-state index is 13.2. The molecule has 1 aliphatic rings. The van der Waals surface area contributed by atoms with Gasteiger partial charge in [-0.3, -0.25) is 9.69 Å². The number of carbonyl (C=O) groups is 2. The predicted octanol–water partition coefficient (Wildman–Crippen LogP) is 4.06. The number of carbonyl (C=O) groups excluding carboxylic acids is 2. The third-order valence-electron chi connectivity index (χ3n) is 4.81. The number of anilines is 1. The number of rotatable bonds is 4. The summed E-state index contributed by atoms with van der Waals surface area (Å²) in [7, 11) is 0. The molecule has 1 N–H and O–H groups in total. The molecule has 0 radical (unpaired) electrons. The van der Waals surface area contributed by atoms with E-state index in [1.54, 1.807) is 4.90 Å². The molecule has 1 unspecified atom stereocenters. The van der Waals surface area contributed by atoms with Crippen molar-refractivity contribution in [3.05, 3.63) is 66.0 Å². The van der Waals surface area contributed by atoms with Gasteiger partial charge in [0.25, 0.3) is 0 Å². The molecule has 0 spiro atoms. The summed E-state index contributed by atoms with van der Waals surface area (Å²) in [5.74, 6) is -0.551. The summed E-state index contributed by atoms with van der Waals surface area (Å²) in [5.41, 5.74) is 0.855. The summed E-state index contributed by atoms with van der Waals surface area (Å²) in [6.45, 7) is 7.54. The lowest BCUT2D eigenvalue weighted by atomic mass is 10.0. The van der Waals surface area contributed by atoms with E-state index in [4.69, 9.17) is 4.74 Å². The zero-order valence-electron chi connectivity index (χ0n) is 17.6. The van der Waals surface area contributed by atoms with Crippen molar-refractivity contribution in [1.82, 2.24) is 9.80 Å². The molecule has 160 valence electrons. The fraction of sp³-hybridized carbons (Fsp3) is 0.391. The van der Waals surface area contributed by atoms with E-state index in [0.717, 1.165) is 5.56 Å². The van der Waals surface area contributed by atoms with Gasteiger partial charge in [0.05, 0.1) is 0 Å². The van der Waals surface area contributed by atoms with Crippen molar-refractivity contribution in [2.75, 3.05) is 31.5 Å². The quantitative estimate of drug-likeness (QED) is 0.821. The fourth-order valence-corrected chi connectivity index (χ4v) is 3.40. The first-order valence-electron chi connectivity index (χ1n) is 10.1. The molecule has 1 aliphatic heterocycles. The van der Waals surface area contributed by atoms with Crippen LogP contribution in [0.2, 0.25) is 0 Å². The van der Waals surface area contributed by atoms with Crippen molar-refractivity contribution >= 4 is 17.7 Å². The Balaban J connectivity index is 1.72. The Hall–Kier alpha value is -2.93. The van der Waals surface area contributed by atoms with Crippen LogP contribution in [0.1, 0.15) is 32.4 Å². The highest BCUT2D eigenvalue weighted by Crippen LogP contribution is 2.25. The fourth-order valence-electron chi connectivity index (χ4n) is 3.40. The van der Waals surface area contributed by atoms with Gasteiger partial charge in [0.2, 0.25) is 5.91 Å². The smallest absolute Gasteiger partial charge is 0.410 e. The molecule has 6 nitrogen and oxygen atoms in total. The second kappa shape index (κ2) is 9.26. The van der Waals surface area contributed by atoms with Crippen LogP contribution in [-0.2, 0) is 9.53 Å². The molecule has 0 saturated carbocycles. The minimum Gasteiger partial charge on any atom is -0.444 e. The molecule has 2 aromatic carbocycles. The zero-order valence-corrected chi connectivity index (χ0v) is 17.6. The Bertz CT molecular complexity index is 858. The van der Waals surface area contributed by atoms with Crippen molar-refractivity contribution in [3.8, 4) is 0 Å². The molecule has 0 bridgehead atoms. The van der Waals surface area contributed by atoms with Gasteiger partial charge in [-0.2, -0.15) is 0 Å². The highest BCUT2D eigenvalue weighted by molar-refractivity contribution is 5.95. The highest BCUT2D eigenvalue weighted by atomic mass is 19.1. The molecule has 1 fully saturated rings. The second-order valence-corrected chi connectivity index (χ2v) is 8.31. The molecule has 1 heterocycles. The van der Waals surface area contributed by atoms with E-state index in [2.05, 4.69) is 10.2 Å². The topological polar surface area (TPSA) is 61.9 Å². The molecule has 0 aromatic heterocycles. The lowest BCUT2D eigenvalue weighted by Gasteiger charge is -2.39. The lowest BCUT2D eigenvalue weighted by molar-refractivity contribution is -0.122. The standard InChI is InChI=1S/C23H28FN3O3/c1-23(2,3)30-22(29)27-15-13-26(14-16-27)20(17-7-5-4-6-8-17)21(28)25-19-11-9-18(24)10-12-19/h4-12,20H,13-16H2,1-3H3,(H,25,28). The summed E-state index contributed by atoms with van der Waals surface area (Å²) in [6.07, 6.45) is -0.339. The third-order valence-corrected chi connectivity index (χ3v) is 4.81. The molecule has 1 saturated heterocycles. The lowest BCUT2D eigenvalue weighted by Crippen LogP contribution is -2.52. The van der Waals surface area contributed by atoms with Crippen LogP contribution in [0.15, 0.2) is 54.6 Å². The van der Waals surface area contributed by atoms with Crippen LogP contribution < -0.4 is 5.32 Å². The summed E-state index contributed by atoms with van der Waals surface area (Å²) in [4.78, 5) is 29.2. The van der Waals surface area contributed by atoms with Gasteiger partial charge in [-0.05, 0) is 50.6 Å². The van der Waals surface area contributed by atoms with Gasteiger partial charge < -0.3 is 15.0 Å². The number of benzene rings is 2. The van der Waals surface area contributed by atoms with Gasteiger partial charge in [0.15, 0.2) is 0 Å².